The second-order valence-corrected chi connectivity index (χ2v) is 22.9. The normalized spacial score (nSPS) is 20.6. The van der Waals surface area contributed by atoms with Gasteiger partial charge < -0.3 is 18.3 Å². The standard InChI is InChI=1S/C29H38O6Si2/c1-16(35-37(8,9)29(2,3)4)14-20-28(36(5,6)7)24(31)22-23-26(32-19-15-21(30)34-27(19)23)18-13-11-10-12-17(18)25(22)33-20/h10-13,16,19,27H,14-15H2,1-9H3. The molecule has 1 aromatic heterocycles. The lowest BCUT2D eigenvalue weighted by molar-refractivity contribution is -0.141. The summed E-state index contributed by atoms with van der Waals surface area (Å²) < 4.78 is 25.4. The second kappa shape index (κ2) is 8.54. The summed E-state index contributed by atoms with van der Waals surface area (Å²) in [5.41, 5.74) is 1.18. The van der Waals surface area contributed by atoms with Gasteiger partial charge in [0.1, 0.15) is 17.1 Å². The van der Waals surface area contributed by atoms with E-state index in [2.05, 4.69) is 60.4 Å². The molecule has 1 fully saturated rings. The minimum absolute atomic E-state index is 0.0239. The van der Waals surface area contributed by atoms with Crippen LogP contribution < -0.4 is 15.4 Å². The molecule has 0 amide bonds. The molecule has 0 radical (unpaired) electrons. The molecular weight excluding hydrogens is 500 g/mol. The van der Waals surface area contributed by atoms with Crippen molar-refractivity contribution in [3.63, 3.8) is 0 Å². The van der Waals surface area contributed by atoms with Gasteiger partial charge >= 0.3 is 5.97 Å². The summed E-state index contributed by atoms with van der Waals surface area (Å²) in [5.74, 6) is 1.05. The Morgan fingerprint density at radius 2 is 1.68 bits per heavy atom. The van der Waals surface area contributed by atoms with Gasteiger partial charge in [-0.2, -0.15) is 0 Å². The van der Waals surface area contributed by atoms with Crippen molar-refractivity contribution in [3.8, 4) is 5.75 Å². The van der Waals surface area contributed by atoms with Gasteiger partial charge in [0.15, 0.2) is 26.0 Å². The lowest BCUT2D eigenvalue weighted by Crippen LogP contribution is -2.50. The van der Waals surface area contributed by atoms with E-state index in [1.165, 1.54) is 0 Å². The molecule has 2 aliphatic heterocycles. The number of hydrogen-bond acceptors (Lipinski definition) is 6. The zero-order valence-corrected chi connectivity index (χ0v) is 25.4. The molecule has 5 rings (SSSR count). The predicted molar refractivity (Wildman–Crippen MR) is 152 cm³/mol. The summed E-state index contributed by atoms with van der Waals surface area (Å²) in [5, 5.41) is 3.06. The Balaban J connectivity index is 1.75. The van der Waals surface area contributed by atoms with Crippen LogP contribution in [0.25, 0.3) is 21.7 Å². The molecule has 3 heterocycles. The van der Waals surface area contributed by atoms with E-state index >= 15 is 0 Å². The van der Waals surface area contributed by atoms with E-state index in [0.717, 1.165) is 16.0 Å². The Labute approximate surface area is 220 Å². The zero-order valence-electron chi connectivity index (χ0n) is 23.4. The fraction of sp³-hybridized carbons (Fsp3) is 0.517. The van der Waals surface area contributed by atoms with Crippen LogP contribution in [0.4, 0.5) is 0 Å². The lowest BCUT2D eigenvalue weighted by Gasteiger charge is -2.38. The average molecular weight is 539 g/mol. The van der Waals surface area contributed by atoms with E-state index in [4.69, 9.17) is 18.3 Å². The van der Waals surface area contributed by atoms with Crippen LogP contribution in [-0.2, 0) is 20.4 Å². The maximum atomic E-state index is 14.4. The first-order chi connectivity index (χ1) is 17.1. The first-order valence-corrected chi connectivity index (χ1v) is 19.6. The van der Waals surface area contributed by atoms with Crippen LogP contribution in [-0.4, -0.2) is 34.6 Å². The number of hydrogen-bond donors (Lipinski definition) is 0. The largest absolute Gasteiger partial charge is 0.484 e. The molecule has 3 unspecified atom stereocenters. The number of esters is 1. The third-order valence-electron chi connectivity index (χ3n) is 8.16. The summed E-state index contributed by atoms with van der Waals surface area (Å²) in [4.78, 5) is 26.6. The van der Waals surface area contributed by atoms with E-state index in [-0.39, 0.29) is 29.0 Å². The van der Waals surface area contributed by atoms with Gasteiger partial charge in [0.25, 0.3) is 0 Å². The van der Waals surface area contributed by atoms with Gasteiger partial charge in [0.2, 0.25) is 0 Å². The molecule has 0 saturated carbocycles. The summed E-state index contributed by atoms with van der Waals surface area (Å²) in [6, 6.07) is 7.84. The highest BCUT2D eigenvalue weighted by Gasteiger charge is 2.47. The number of carbonyl (C=O) groups excluding carboxylic acids is 1. The summed E-state index contributed by atoms with van der Waals surface area (Å²) in [7, 11) is -4.15. The van der Waals surface area contributed by atoms with Gasteiger partial charge in [0.05, 0.1) is 25.4 Å². The lowest BCUT2D eigenvalue weighted by atomic mass is 9.96. The van der Waals surface area contributed by atoms with Gasteiger partial charge in [-0.1, -0.05) is 64.7 Å². The second-order valence-electron chi connectivity index (χ2n) is 13.1. The van der Waals surface area contributed by atoms with Gasteiger partial charge in [-0.15, -0.1) is 0 Å². The summed E-state index contributed by atoms with van der Waals surface area (Å²) in [6.07, 6.45) is -0.384. The Morgan fingerprint density at radius 1 is 1.03 bits per heavy atom. The molecule has 0 aliphatic carbocycles. The molecule has 37 heavy (non-hydrogen) atoms. The molecule has 3 atom stereocenters. The first-order valence-electron chi connectivity index (χ1n) is 13.2. The van der Waals surface area contributed by atoms with E-state index in [1.807, 2.05) is 24.3 Å². The number of carbonyl (C=O) groups is 1. The summed E-state index contributed by atoms with van der Waals surface area (Å²) >= 11 is 0. The minimum Gasteiger partial charge on any atom is -0.484 e. The van der Waals surface area contributed by atoms with Crippen molar-refractivity contribution in [1.29, 1.82) is 0 Å². The molecule has 1 saturated heterocycles. The van der Waals surface area contributed by atoms with Crippen molar-refractivity contribution in [2.24, 2.45) is 0 Å². The van der Waals surface area contributed by atoms with Crippen LogP contribution in [0, 0.1) is 0 Å². The highest BCUT2D eigenvalue weighted by molar-refractivity contribution is 6.89. The van der Waals surface area contributed by atoms with Crippen molar-refractivity contribution in [3.05, 3.63) is 45.8 Å². The Morgan fingerprint density at radius 3 is 2.30 bits per heavy atom. The van der Waals surface area contributed by atoms with Crippen molar-refractivity contribution in [2.75, 3.05) is 0 Å². The average Bonchev–Trinajstić information content (AvgIpc) is 3.28. The van der Waals surface area contributed by atoms with E-state index in [1.54, 1.807) is 0 Å². The molecule has 0 N–H and O–H groups in total. The van der Waals surface area contributed by atoms with Crippen molar-refractivity contribution in [2.45, 2.75) is 96.6 Å². The molecule has 0 spiro atoms. The predicted octanol–water partition coefficient (Wildman–Crippen LogP) is 6.19. The number of benzene rings is 2. The SMILES string of the molecule is CC(Cc1oc2c(c3c(c4ccccc42)OC2CC(=O)OC32)c(=O)c1[Si](C)(C)C)O[Si](C)(C)C(C)(C)C. The fourth-order valence-electron chi connectivity index (χ4n) is 5.47. The van der Waals surface area contributed by atoms with E-state index < -0.39 is 28.6 Å². The maximum Gasteiger partial charge on any atom is 0.310 e. The topological polar surface area (TPSA) is 75.0 Å². The minimum atomic E-state index is -2.15. The Hall–Kier alpha value is -2.43. The van der Waals surface area contributed by atoms with Gasteiger partial charge in [-0.25, -0.2) is 0 Å². The highest BCUT2D eigenvalue weighted by atomic mass is 28.4. The molecule has 8 heteroatoms. The van der Waals surface area contributed by atoms with Crippen molar-refractivity contribution in [1.82, 2.24) is 0 Å². The molecule has 3 aromatic rings. The van der Waals surface area contributed by atoms with Gasteiger partial charge in [-0.05, 0) is 25.1 Å². The Bertz CT molecular complexity index is 1470. The smallest absolute Gasteiger partial charge is 0.310 e. The first kappa shape index (κ1) is 26.2. The van der Waals surface area contributed by atoms with Gasteiger partial charge in [-0.3, -0.25) is 9.59 Å². The number of ether oxygens (including phenoxy) is 2. The molecule has 6 nitrogen and oxygen atoms in total. The van der Waals surface area contributed by atoms with Gasteiger partial charge in [0, 0.05) is 28.5 Å². The van der Waals surface area contributed by atoms with Crippen molar-refractivity contribution >= 4 is 49.3 Å². The van der Waals surface area contributed by atoms with Crippen molar-refractivity contribution < 1.29 is 23.1 Å². The Kier molecular flexibility index (Phi) is 6.05. The highest BCUT2D eigenvalue weighted by Crippen LogP contribution is 2.51. The van der Waals surface area contributed by atoms with Crippen LogP contribution in [0.15, 0.2) is 33.5 Å². The van der Waals surface area contributed by atoms with E-state index in [0.29, 0.717) is 34.5 Å². The van der Waals surface area contributed by atoms with Crippen LogP contribution in [0.5, 0.6) is 5.75 Å². The van der Waals surface area contributed by atoms with Crippen LogP contribution in [0.1, 0.15) is 51.5 Å². The van der Waals surface area contributed by atoms with Crippen LogP contribution in [0.3, 0.4) is 0 Å². The maximum absolute atomic E-state index is 14.4. The zero-order chi connectivity index (χ0) is 27.1. The fourth-order valence-corrected chi connectivity index (χ4v) is 8.71. The van der Waals surface area contributed by atoms with Crippen LogP contribution >= 0.6 is 0 Å². The molecule has 2 aliphatic rings. The monoisotopic (exact) mass is 538 g/mol. The molecule has 2 aromatic carbocycles. The van der Waals surface area contributed by atoms with E-state index in [9.17, 15) is 9.59 Å². The summed E-state index contributed by atoms with van der Waals surface area (Å²) in [6.45, 7) is 19.8. The number of fused-ring (bicyclic) bond motifs is 8. The molecule has 0 bridgehead atoms. The third-order valence-corrected chi connectivity index (χ3v) is 14.8. The third kappa shape index (κ3) is 4.27. The van der Waals surface area contributed by atoms with Crippen LogP contribution in [0.2, 0.25) is 37.8 Å². The quantitative estimate of drug-likeness (QED) is 0.219. The molecule has 198 valence electrons. The number of rotatable bonds is 5. The molecular formula is C29H38O6Si2.